The summed E-state index contributed by atoms with van der Waals surface area (Å²) >= 11 is 1.46. The molecule has 1 aromatic rings. The molecule has 0 fully saturated rings. The van der Waals surface area contributed by atoms with Gasteiger partial charge < -0.3 is 0 Å². The number of nitriles is 1. The minimum absolute atomic E-state index is 0.0000463. The first-order valence-electron chi connectivity index (χ1n) is 3.75. The molecule has 0 saturated heterocycles. The van der Waals surface area contributed by atoms with E-state index in [0.717, 1.165) is 4.88 Å². The zero-order valence-corrected chi connectivity index (χ0v) is 7.60. The van der Waals surface area contributed by atoms with Crippen LogP contribution in [0.4, 0.5) is 0 Å². The van der Waals surface area contributed by atoms with E-state index in [1.807, 2.05) is 23.6 Å². The van der Waals surface area contributed by atoms with Crippen LogP contribution in [0.1, 0.15) is 24.1 Å². The van der Waals surface area contributed by atoms with Crippen LogP contribution in [0.3, 0.4) is 0 Å². The molecule has 0 amide bonds. The highest BCUT2D eigenvalue weighted by Crippen LogP contribution is 2.22. The lowest BCUT2D eigenvalue weighted by atomic mass is 10.0. The summed E-state index contributed by atoms with van der Waals surface area (Å²) in [6, 6.07) is 5.70. The van der Waals surface area contributed by atoms with E-state index in [9.17, 15) is 4.79 Å². The molecular formula is C9H9NOS. The number of thiophene rings is 1. The maximum Gasteiger partial charge on any atom is 0.155 e. The monoisotopic (exact) mass is 179 g/mol. The predicted octanol–water partition coefficient (Wildman–Crippen LogP) is 2.33. The molecule has 0 aliphatic carbocycles. The van der Waals surface area contributed by atoms with Crippen LogP contribution in [0.2, 0.25) is 0 Å². The Morgan fingerprint density at radius 3 is 3.00 bits per heavy atom. The Labute approximate surface area is 75.5 Å². The molecule has 0 aromatic carbocycles. The second kappa shape index (κ2) is 4.03. The van der Waals surface area contributed by atoms with Crippen molar-refractivity contribution in [2.24, 2.45) is 0 Å². The highest BCUT2D eigenvalue weighted by atomic mass is 32.1. The summed E-state index contributed by atoms with van der Waals surface area (Å²) in [6.07, 6.45) is 0.427. The van der Waals surface area contributed by atoms with Gasteiger partial charge in [0.15, 0.2) is 5.78 Å². The first-order chi connectivity index (χ1) is 5.79. The van der Waals surface area contributed by atoms with Gasteiger partial charge in [-0.15, -0.1) is 11.3 Å². The summed E-state index contributed by atoms with van der Waals surface area (Å²) in [5.74, 6) is -0.546. The van der Waals surface area contributed by atoms with Crippen LogP contribution >= 0.6 is 11.3 Å². The average molecular weight is 179 g/mol. The Kier molecular flexibility index (Phi) is 3.01. The largest absolute Gasteiger partial charge is 0.298 e. The maximum atomic E-state index is 11.2. The lowest BCUT2D eigenvalue weighted by Gasteiger charge is -2.01. The maximum absolute atomic E-state index is 11.2. The van der Waals surface area contributed by atoms with E-state index >= 15 is 0 Å². The lowest BCUT2D eigenvalue weighted by molar-refractivity contribution is -0.119. The number of carbonyl (C=O) groups is 1. The van der Waals surface area contributed by atoms with E-state index in [1.54, 1.807) is 6.92 Å². The molecule has 12 heavy (non-hydrogen) atoms. The van der Waals surface area contributed by atoms with E-state index in [1.165, 1.54) is 11.3 Å². The Balaban J connectivity index is 2.86. The Hall–Kier alpha value is -1.14. The quantitative estimate of drug-likeness (QED) is 0.714. The first-order valence-corrected chi connectivity index (χ1v) is 4.63. The number of carbonyl (C=O) groups excluding carboxylic acids is 1. The van der Waals surface area contributed by atoms with Gasteiger partial charge in [-0.2, -0.15) is 5.26 Å². The third-order valence-corrected chi connectivity index (χ3v) is 2.56. The topological polar surface area (TPSA) is 40.9 Å². The van der Waals surface area contributed by atoms with Crippen LogP contribution in [0.15, 0.2) is 17.5 Å². The summed E-state index contributed by atoms with van der Waals surface area (Å²) in [5, 5.41) is 10.6. The van der Waals surface area contributed by atoms with Crippen molar-refractivity contribution in [1.82, 2.24) is 0 Å². The van der Waals surface area contributed by atoms with Crippen molar-refractivity contribution in [1.29, 1.82) is 5.26 Å². The van der Waals surface area contributed by atoms with Crippen molar-refractivity contribution in [2.75, 3.05) is 0 Å². The zero-order chi connectivity index (χ0) is 8.97. The summed E-state index contributed by atoms with van der Waals surface area (Å²) in [4.78, 5) is 12.1. The molecule has 0 N–H and O–H groups in total. The van der Waals surface area contributed by atoms with Crippen LogP contribution in [0.25, 0.3) is 0 Å². The summed E-state index contributed by atoms with van der Waals surface area (Å²) in [7, 11) is 0. The molecule has 0 radical (unpaired) electrons. The third kappa shape index (κ3) is 1.72. The standard InChI is InChI=1S/C9H9NOS/c1-2-8(11)7(6-10)9-4-3-5-12-9/h3-5,7H,2H2,1H3. The molecule has 2 nitrogen and oxygen atoms in total. The van der Waals surface area contributed by atoms with Gasteiger partial charge in [-0.1, -0.05) is 13.0 Å². The first kappa shape index (κ1) is 8.95. The lowest BCUT2D eigenvalue weighted by Crippen LogP contribution is -2.07. The average Bonchev–Trinajstić information content (AvgIpc) is 2.58. The summed E-state index contributed by atoms with van der Waals surface area (Å²) in [5.41, 5.74) is 0. The van der Waals surface area contributed by atoms with Gasteiger partial charge in [0, 0.05) is 11.3 Å². The fourth-order valence-electron chi connectivity index (χ4n) is 0.954. The fourth-order valence-corrected chi connectivity index (χ4v) is 1.75. The van der Waals surface area contributed by atoms with Crippen LogP contribution in [-0.2, 0) is 4.79 Å². The van der Waals surface area contributed by atoms with Gasteiger partial charge >= 0.3 is 0 Å². The third-order valence-electron chi connectivity index (χ3n) is 1.63. The molecule has 1 atom stereocenters. The molecular weight excluding hydrogens is 170 g/mol. The number of hydrogen-bond donors (Lipinski definition) is 0. The Bertz CT molecular complexity index is 297. The number of rotatable bonds is 3. The number of ketones is 1. The van der Waals surface area contributed by atoms with E-state index in [0.29, 0.717) is 6.42 Å². The van der Waals surface area contributed by atoms with Gasteiger partial charge in [0.1, 0.15) is 5.92 Å². The second-order valence-electron chi connectivity index (χ2n) is 2.40. The molecule has 62 valence electrons. The molecule has 0 saturated carbocycles. The van der Waals surface area contributed by atoms with E-state index < -0.39 is 5.92 Å². The van der Waals surface area contributed by atoms with Gasteiger partial charge in [0.05, 0.1) is 6.07 Å². The Morgan fingerprint density at radius 1 is 1.83 bits per heavy atom. The van der Waals surface area contributed by atoms with E-state index in [2.05, 4.69) is 0 Å². The highest BCUT2D eigenvalue weighted by Gasteiger charge is 2.18. The molecule has 1 unspecified atom stereocenters. The van der Waals surface area contributed by atoms with E-state index in [4.69, 9.17) is 5.26 Å². The number of nitrogens with zero attached hydrogens (tertiary/aromatic N) is 1. The van der Waals surface area contributed by atoms with Crippen molar-refractivity contribution in [3.63, 3.8) is 0 Å². The zero-order valence-electron chi connectivity index (χ0n) is 6.78. The van der Waals surface area contributed by atoms with Gasteiger partial charge in [0.25, 0.3) is 0 Å². The minimum Gasteiger partial charge on any atom is -0.298 e. The van der Waals surface area contributed by atoms with Crippen LogP contribution in [0.5, 0.6) is 0 Å². The molecule has 1 heterocycles. The summed E-state index contributed by atoms with van der Waals surface area (Å²) < 4.78 is 0. The van der Waals surface area contributed by atoms with Crippen molar-refractivity contribution in [2.45, 2.75) is 19.3 Å². The van der Waals surface area contributed by atoms with Gasteiger partial charge in [-0.05, 0) is 11.4 Å². The van der Waals surface area contributed by atoms with Crippen molar-refractivity contribution in [3.8, 4) is 6.07 Å². The Morgan fingerprint density at radius 2 is 2.58 bits per heavy atom. The van der Waals surface area contributed by atoms with Crippen molar-refractivity contribution < 1.29 is 4.79 Å². The molecule has 1 aromatic heterocycles. The van der Waals surface area contributed by atoms with Crippen LogP contribution in [0, 0.1) is 11.3 Å². The molecule has 1 rings (SSSR count). The highest BCUT2D eigenvalue weighted by molar-refractivity contribution is 7.10. The van der Waals surface area contributed by atoms with Crippen LogP contribution < -0.4 is 0 Å². The molecule has 0 spiro atoms. The minimum atomic E-state index is -0.546. The molecule has 0 aliphatic rings. The normalized spacial score (nSPS) is 12.0. The number of Topliss-reactive ketones (excluding diaryl/α,β-unsaturated/α-hetero) is 1. The number of hydrogen-bond acceptors (Lipinski definition) is 3. The van der Waals surface area contributed by atoms with Crippen molar-refractivity contribution in [3.05, 3.63) is 22.4 Å². The van der Waals surface area contributed by atoms with Crippen molar-refractivity contribution >= 4 is 17.1 Å². The summed E-state index contributed by atoms with van der Waals surface area (Å²) in [6.45, 7) is 1.78. The predicted molar refractivity (Wildman–Crippen MR) is 48.0 cm³/mol. The van der Waals surface area contributed by atoms with E-state index in [-0.39, 0.29) is 5.78 Å². The van der Waals surface area contributed by atoms with Gasteiger partial charge in [-0.3, -0.25) is 4.79 Å². The van der Waals surface area contributed by atoms with Crippen LogP contribution in [-0.4, -0.2) is 5.78 Å². The second-order valence-corrected chi connectivity index (χ2v) is 3.38. The SMILES string of the molecule is CCC(=O)C(C#N)c1cccs1. The van der Waals surface area contributed by atoms with Gasteiger partial charge in [-0.25, -0.2) is 0 Å². The molecule has 3 heteroatoms. The smallest absolute Gasteiger partial charge is 0.155 e. The molecule has 0 aliphatic heterocycles. The fraction of sp³-hybridized carbons (Fsp3) is 0.333. The van der Waals surface area contributed by atoms with Gasteiger partial charge in [0.2, 0.25) is 0 Å². The molecule has 0 bridgehead atoms.